The van der Waals surface area contributed by atoms with E-state index in [1.54, 1.807) is 0 Å². The van der Waals surface area contributed by atoms with Gasteiger partial charge in [-0.1, -0.05) is 369 Å². The van der Waals surface area contributed by atoms with Crippen LogP contribution in [0, 0.1) is 0 Å². The molecule has 0 heterocycles. The molecular formula is C83H150NO8+. The fourth-order valence-electron chi connectivity index (χ4n) is 11.5. The lowest BCUT2D eigenvalue weighted by Gasteiger charge is -2.25. The van der Waals surface area contributed by atoms with Crippen molar-refractivity contribution in [3.63, 3.8) is 0 Å². The first kappa shape index (κ1) is 88.5. The van der Waals surface area contributed by atoms with Gasteiger partial charge in [-0.05, 0) is 70.6 Å². The maximum absolute atomic E-state index is 13.0. The smallest absolute Gasteiger partial charge is 0.361 e. The van der Waals surface area contributed by atoms with Crippen molar-refractivity contribution in [1.29, 1.82) is 0 Å². The molecule has 0 radical (unpaired) electrons. The molecule has 534 valence electrons. The zero-order valence-electron chi connectivity index (χ0n) is 61.2. The van der Waals surface area contributed by atoms with Crippen LogP contribution in [0.1, 0.15) is 367 Å². The highest BCUT2D eigenvalue weighted by molar-refractivity contribution is 5.71. The number of carboxylic acids is 1. The summed E-state index contributed by atoms with van der Waals surface area (Å²) in [5.74, 6) is -1.98. The predicted molar refractivity (Wildman–Crippen MR) is 396 cm³/mol. The lowest BCUT2D eigenvalue weighted by molar-refractivity contribution is -0.870. The fourth-order valence-corrected chi connectivity index (χ4v) is 11.5. The highest BCUT2D eigenvalue weighted by atomic mass is 16.7. The molecule has 0 aromatic carbocycles. The van der Waals surface area contributed by atoms with Crippen molar-refractivity contribution in [2.75, 3.05) is 47.5 Å². The summed E-state index contributed by atoms with van der Waals surface area (Å²) in [6.45, 7) is 4.82. The summed E-state index contributed by atoms with van der Waals surface area (Å²) < 4.78 is 23.1. The molecule has 2 atom stereocenters. The minimum absolute atomic E-state index is 0.179. The summed E-state index contributed by atoms with van der Waals surface area (Å²) in [5, 5.41) is 9.77. The first-order valence-corrected chi connectivity index (χ1v) is 39.3. The topological polar surface area (TPSA) is 108 Å². The van der Waals surface area contributed by atoms with Gasteiger partial charge >= 0.3 is 17.9 Å². The SMILES string of the molecule is CC/C=C\C/C=C\C/C=C\C/C=C\C/C=C\C/C=C\C/C=C\CCCCCCCCCCCCCCCCCC(=O)OC(COC(=O)CCCCCCCCCCCCCCCCCCCCCCCCCCCCCCCC)COC(OCC[N+](C)(C)C)C(=O)O. The number of carboxylic acid groups (broad SMARTS) is 1. The molecule has 1 N–H and O–H groups in total. The van der Waals surface area contributed by atoms with Gasteiger partial charge in [0.15, 0.2) is 6.10 Å². The maximum atomic E-state index is 13.0. The molecule has 0 aliphatic heterocycles. The zero-order chi connectivity index (χ0) is 66.8. The van der Waals surface area contributed by atoms with Crippen molar-refractivity contribution in [2.24, 2.45) is 0 Å². The molecule has 92 heavy (non-hydrogen) atoms. The van der Waals surface area contributed by atoms with E-state index < -0.39 is 18.4 Å². The minimum Gasteiger partial charge on any atom is -0.477 e. The highest BCUT2D eigenvalue weighted by Gasteiger charge is 2.25. The van der Waals surface area contributed by atoms with Crippen LogP contribution < -0.4 is 0 Å². The van der Waals surface area contributed by atoms with E-state index in [1.807, 2.05) is 21.1 Å². The zero-order valence-corrected chi connectivity index (χ0v) is 61.2. The normalized spacial score (nSPS) is 13.1. The number of quaternary nitrogens is 1. The van der Waals surface area contributed by atoms with Gasteiger partial charge in [-0.15, -0.1) is 0 Å². The van der Waals surface area contributed by atoms with Crippen LogP contribution in [-0.2, 0) is 33.3 Å². The van der Waals surface area contributed by atoms with Gasteiger partial charge in [0.25, 0.3) is 6.29 Å². The third-order valence-electron chi connectivity index (χ3n) is 17.4. The van der Waals surface area contributed by atoms with Crippen LogP contribution in [0.25, 0.3) is 0 Å². The van der Waals surface area contributed by atoms with Crippen LogP contribution >= 0.6 is 0 Å². The number of aliphatic carboxylic acids is 1. The Labute approximate surface area is 570 Å². The summed E-state index contributed by atoms with van der Waals surface area (Å²) in [7, 11) is 5.99. The van der Waals surface area contributed by atoms with Crippen LogP contribution in [0.2, 0.25) is 0 Å². The lowest BCUT2D eigenvalue weighted by atomic mass is 10.0. The molecule has 2 unspecified atom stereocenters. The van der Waals surface area contributed by atoms with Gasteiger partial charge in [0.1, 0.15) is 13.2 Å². The molecule has 0 aliphatic rings. The van der Waals surface area contributed by atoms with E-state index in [0.29, 0.717) is 17.4 Å². The Kier molecular flexibility index (Phi) is 70.5. The standard InChI is InChI=1S/C83H149NO8/c1-6-8-10-12-14-16-18-20-22-24-26-28-30-32-34-36-38-39-40-41-42-43-44-46-48-50-52-54-56-58-60-62-64-66-68-70-72-74-81(86)92-79(78-91-83(82(87)88)89-76-75-84(3,4)5)77-90-80(85)73-71-69-67-65-63-61-59-57-55-53-51-49-47-45-37-35-33-31-29-27-25-23-21-19-17-15-13-11-9-7-2/h8,10,14,16,20,22,26,28,32,34,38-39,41-42,79,83H,6-7,9,11-13,15,17-19,21,23-25,27,29-31,33,35-37,40,43-78H2,1-5H3/p+1/b10-8-,16-14-,22-20-,28-26-,34-32-,39-38-,42-41-. The number of allylic oxidation sites excluding steroid dienone is 14. The van der Waals surface area contributed by atoms with E-state index in [0.717, 1.165) is 83.5 Å². The Bertz CT molecular complexity index is 1790. The van der Waals surface area contributed by atoms with Crippen molar-refractivity contribution in [1.82, 2.24) is 0 Å². The van der Waals surface area contributed by atoms with Gasteiger partial charge in [-0.3, -0.25) is 9.59 Å². The van der Waals surface area contributed by atoms with Crippen molar-refractivity contribution >= 4 is 17.9 Å². The van der Waals surface area contributed by atoms with Crippen molar-refractivity contribution in [3.05, 3.63) is 85.1 Å². The predicted octanol–water partition coefficient (Wildman–Crippen LogP) is 25.0. The summed E-state index contributed by atoms with van der Waals surface area (Å²) in [5.41, 5.74) is 0. The molecule has 0 saturated carbocycles. The number of nitrogens with zero attached hydrogens (tertiary/aromatic N) is 1. The van der Waals surface area contributed by atoms with Gasteiger partial charge in [0.2, 0.25) is 0 Å². The third kappa shape index (κ3) is 73.9. The van der Waals surface area contributed by atoms with Crippen molar-refractivity contribution in [3.8, 4) is 0 Å². The average Bonchev–Trinajstić information content (AvgIpc) is 3.75. The van der Waals surface area contributed by atoms with Gasteiger partial charge in [0, 0.05) is 12.8 Å². The van der Waals surface area contributed by atoms with Crippen LogP contribution in [0.5, 0.6) is 0 Å². The molecule has 9 heteroatoms. The number of carbonyl (C=O) groups is 3. The minimum atomic E-state index is -1.51. The number of carbonyl (C=O) groups excluding carboxylic acids is 2. The quantitative estimate of drug-likeness (QED) is 0.0211. The second-order valence-electron chi connectivity index (χ2n) is 27.7. The highest BCUT2D eigenvalue weighted by Crippen LogP contribution is 2.19. The van der Waals surface area contributed by atoms with Crippen LogP contribution in [0.3, 0.4) is 0 Å². The molecule has 0 aromatic heterocycles. The maximum Gasteiger partial charge on any atom is 0.361 e. The number of unbranched alkanes of at least 4 members (excludes halogenated alkanes) is 44. The lowest BCUT2D eigenvalue weighted by Crippen LogP contribution is -2.40. The molecular weight excluding hydrogens is 1140 g/mol. The van der Waals surface area contributed by atoms with Gasteiger partial charge < -0.3 is 28.5 Å². The van der Waals surface area contributed by atoms with E-state index in [2.05, 4.69) is 98.9 Å². The Morgan fingerprint density at radius 3 is 0.924 bits per heavy atom. The largest absolute Gasteiger partial charge is 0.477 e. The number of ether oxygens (including phenoxy) is 4. The monoisotopic (exact) mass is 1290 g/mol. The first-order valence-electron chi connectivity index (χ1n) is 39.3. The summed E-state index contributed by atoms with van der Waals surface area (Å²) in [6.07, 6.45) is 97.3. The first-order chi connectivity index (χ1) is 45.1. The van der Waals surface area contributed by atoms with Crippen LogP contribution in [-0.4, -0.2) is 87.4 Å². The summed E-state index contributed by atoms with van der Waals surface area (Å²) in [6, 6.07) is 0. The van der Waals surface area contributed by atoms with E-state index in [-0.39, 0.29) is 38.2 Å². The van der Waals surface area contributed by atoms with Gasteiger partial charge in [-0.25, -0.2) is 4.79 Å². The Morgan fingerprint density at radius 2 is 0.620 bits per heavy atom. The van der Waals surface area contributed by atoms with Crippen LogP contribution in [0.4, 0.5) is 0 Å². The fraction of sp³-hybridized carbons (Fsp3) is 0.795. The second-order valence-corrected chi connectivity index (χ2v) is 27.7. The molecule has 9 nitrogen and oxygen atoms in total. The van der Waals surface area contributed by atoms with Gasteiger partial charge in [-0.2, -0.15) is 0 Å². The van der Waals surface area contributed by atoms with Gasteiger partial charge in [0.05, 0.1) is 34.4 Å². The molecule has 0 spiro atoms. The molecule has 0 bridgehead atoms. The Balaban J connectivity index is 4.03. The number of hydrogen-bond acceptors (Lipinski definition) is 7. The van der Waals surface area contributed by atoms with E-state index in [9.17, 15) is 19.5 Å². The second kappa shape index (κ2) is 73.3. The molecule has 0 saturated heterocycles. The molecule has 0 amide bonds. The summed E-state index contributed by atoms with van der Waals surface area (Å²) >= 11 is 0. The molecule has 0 aromatic rings. The number of esters is 2. The molecule has 0 aliphatic carbocycles. The average molecular weight is 1290 g/mol. The van der Waals surface area contributed by atoms with E-state index in [4.69, 9.17) is 18.9 Å². The molecule has 0 fully saturated rings. The third-order valence-corrected chi connectivity index (χ3v) is 17.4. The van der Waals surface area contributed by atoms with Crippen LogP contribution in [0.15, 0.2) is 85.1 Å². The Morgan fingerprint density at radius 1 is 0.337 bits per heavy atom. The van der Waals surface area contributed by atoms with Crippen molar-refractivity contribution in [2.45, 2.75) is 379 Å². The number of rotatable bonds is 73. The molecule has 0 rings (SSSR count). The summed E-state index contributed by atoms with van der Waals surface area (Å²) in [4.78, 5) is 37.7. The Hall–Kier alpha value is -3.53. The number of likely N-dealkylation sites (N-methyl/N-ethyl adjacent to an activating group) is 1. The van der Waals surface area contributed by atoms with Crippen molar-refractivity contribution < 1.29 is 42.9 Å². The van der Waals surface area contributed by atoms with E-state index in [1.165, 1.54) is 257 Å². The number of hydrogen-bond donors (Lipinski definition) is 1. The van der Waals surface area contributed by atoms with E-state index >= 15 is 0 Å².